The molecular formula is C12H13F5N2O. The van der Waals surface area contributed by atoms with Crippen molar-refractivity contribution in [2.45, 2.75) is 32.2 Å². The number of nitrogens with two attached hydrogens (primary N) is 1. The van der Waals surface area contributed by atoms with Gasteiger partial charge in [-0.3, -0.25) is 4.79 Å². The quantitative estimate of drug-likeness (QED) is 0.510. The Hall–Kier alpha value is -1.70. The lowest BCUT2D eigenvalue weighted by Gasteiger charge is -2.17. The highest BCUT2D eigenvalue weighted by atomic mass is 19.2. The molecule has 20 heavy (non-hydrogen) atoms. The van der Waals surface area contributed by atoms with Crippen molar-refractivity contribution in [3.8, 4) is 0 Å². The van der Waals surface area contributed by atoms with Crippen LogP contribution in [0.3, 0.4) is 0 Å². The molecule has 1 aromatic rings. The second-order valence-electron chi connectivity index (χ2n) is 4.98. The Labute approximate surface area is 112 Å². The SMILES string of the molecule is CC(C)(N)CCC(=O)Nc1c(F)c(F)c(F)c(F)c1F. The van der Waals surface area contributed by atoms with Crippen LogP contribution in [-0.4, -0.2) is 11.4 Å². The zero-order valence-corrected chi connectivity index (χ0v) is 10.8. The average molecular weight is 296 g/mol. The maximum absolute atomic E-state index is 13.3. The van der Waals surface area contributed by atoms with Crippen LogP contribution in [0.15, 0.2) is 0 Å². The number of carbonyl (C=O) groups is 1. The summed E-state index contributed by atoms with van der Waals surface area (Å²) in [6.45, 7) is 3.25. The first-order valence-electron chi connectivity index (χ1n) is 5.64. The van der Waals surface area contributed by atoms with Crippen LogP contribution in [0.25, 0.3) is 0 Å². The minimum atomic E-state index is -2.28. The van der Waals surface area contributed by atoms with Crippen molar-refractivity contribution < 1.29 is 26.7 Å². The van der Waals surface area contributed by atoms with Crippen molar-refractivity contribution in [1.29, 1.82) is 0 Å². The molecule has 0 unspecified atom stereocenters. The number of carbonyl (C=O) groups excluding carboxylic acids is 1. The van der Waals surface area contributed by atoms with Crippen LogP contribution >= 0.6 is 0 Å². The maximum atomic E-state index is 13.3. The van der Waals surface area contributed by atoms with Gasteiger partial charge in [0.05, 0.1) is 0 Å². The van der Waals surface area contributed by atoms with E-state index < -0.39 is 46.2 Å². The van der Waals surface area contributed by atoms with Gasteiger partial charge in [-0.2, -0.15) is 0 Å². The molecule has 0 radical (unpaired) electrons. The summed E-state index contributed by atoms with van der Waals surface area (Å²) in [7, 11) is 0. The summed E-state index contributed by atoms with van der Waals surface area (Å²) in [5.74, 6) is -11.6. The number of benzene rings is 1. The van der Waals surface area contributed by atoms with Crippen LogP contribution < -0.4 is 11.1 Å². The van der Waals surface area contributed by atoms with Crippen LogP contribution in [0.4, 0.5) is 27.6 Å². The van der Waals surface area contributed by atoms with Gasteiger partial charge in [0.1, 0.15) is 5.69 Å². The summed E-state index contributed by atoms with van der Waals surface area (Å²) in [4.78, 5) is 11.4. The van der Waals surface area contributed by atoms with Gasteiger partial charge >= 0.3 is 0 Å². The number of halogens is 5. The smallest absolute Gasteiger partial charge is 0.224 e. The van der Waals surface area contributed by atoms with Crippen molar-refractivity contribution in [2.75, 3.05) is 5.32 Å². The number of anilines is 1. The fourth-order valence-corrected chi connectivity index (χ4v) is 1.35. The molecule has 0 saturated heterocycles. The monoisotopic (exact) mass is 296 g/mol. The van der Waals surface area contributed by atoms with Crippen LogP contribution in [0, 0.1) is 29.1 Å². The van der Waals surface area contributed by atoms with E-state index in [0.29, 0.717) is 0 Å². The number of rotatable bonds is 4. The standard InChI is InChI=1S/C12H13F5N2O/c1-12(2,18)4-3-5(20)19-11-9(16)7(14)6(13)8(15)10(11)17/h3-4,18H2,1-2H3,(H,19,20). The highest BCUT2D eigenvalue weighted by Gasteiger charge is 2.27. The molecule has 0 spiro atoms. The van der Waals surface area contributed by atoms with E-state index in [-0.39, 0.29) is 12.8 Å². The highest BCUT2D eigenvalue weighted by molar-refractivity contribution is 5.91. The third-order valence-electron chi connectivity index (χ3n) is 2.47. The Morgan fingerprint density at radius 3 is 1.80 bits per heavy atom. The third-order valence-corrected chi connectivity index (χ3v) is 2.47. The summed E-state index contributed by atoms with van der Waals surface area (Å²) in [5.41, 5.74) is 3.55. The molecule has 0 aliphatic carbocycles. The number of hydrogen-bond donors (Lipinski definition) is 2. The molecule has 3 N–H and O–H groups in total. The van der Waals surface area contributed by atoms with Crippen LogP contribution in [-0.2, 0) is 4.79 Å². The Balaban J connectivity index is 2.96. The Morgan fingerprint density at radius 1 is 1.00 bits per heavy atom. The molecule has 0 heterocycles. The van der Waals surface area contributed by atoms with E-state index in [1.54, 1.807) is 19.2 Å². The predicted molar refractivity (Wildman–Crippen MR) is 62.4 cm³/mol. The van der Waals surface area contributed by atoms with Crippen LogP contribution in [0.5, 0.6) is 0 Å². The van der Waals surface area contributed by atoms with Crippen molar-refractivity contribution in [1.82, 2.24) is 0 Å². The molecule has 0 fully saturated rings. The van der Waals surface area contributed by atoms with Crippen molar-refractivity contribution >= 4 is 11.6 Å². The molecule has 0 bridgehead atoms. The molecule has 1 amide bonds. The maximum Gasteiger partial charge on any atom is 0.224 e. The Morgan fingerprint density at radius 2 is 1.40 bits per heavy atom. The molecule has 0 atom stereocenters. The zero-order chi connectivity index (χ0) is 15.7. The molecule has 0 saturated carbocycles. The van der Waals surface area contributed by atoms with Gasteiger partial charge in [0.15, 0.2) is 23.3 Å². The summed E-state index contributed by atoms with van der Waals surface area (Å²) < 4.78 is 65.1. The van der Waals surface area contributed by atoms with E-state index in [1.165, 1.54) is 0 Å². The van der Waals surface area contributed by atoms with E-state index in [4.69, 9.17) is 5.73 Å². The van der Waals surface area contributed by atoms with E-state index >= 15 is 0 Å². The van der Waals surface area contributed by atoms with Gasteiger partial charge in [0, 0.05) is 12.0 Å². The minimum Gasteiger partial charge on any atom is -0.326 e. The Bertz CT molecular complexity index is 511. The molecule has 8 heteroatoms. The third kappa shape index (κ3) is 3.66. The first-order valence-corrected chi connectivity index (χ1v) is 5.64. The second kappa shape index (κ2) is 5.74. The number of hydrogen-bond acceptors (Lipinski definition) is 2. The fraction of sp³-hybridized carbons (Fsp3) is 0.417. The van der Waals surface area contributed by atoms with Crippen LogP contribution in [0.1, 0.15) is 26.7 Å². The van der Waals surface area contributed by atoms with Gasteiger partial charge in [0.2, 0.25) is 11.7 Å². The van der Waals surface area contributed by atoms with Crippen molar-refractivity contribution in [3.63, 3.8) is 0 Å². The van der Waals surface area contributed by atoms with Gasteiger partial charge in [-0.25, -0.2) is 22.0 Å². The predicted octanol–water partition coefficient (Wildman–Crippen LogP) is 2.84. The average Bonchev–Trinajstić information content (AvgIpc) is 2.36. The number of nitrogens with one attached hydrogen (secondary N) is 1. The molecule has 3 nitrogen and oxygen atoms in total. The van der Waals surface area contributed by atoms with Gasteiger partial charge < -0.3 is 11.1 Å². The lowest BCUT2D eigenvalue weighted by atomic mass is 10.00. The molecule has 0 aliphatic rings. The van der Waals surface area contributed by atoms with E-state index in [9.17, 15) is 26.7 Å². The Kier molecular flexibility index (Phi) is 4.69. The topological polar surface area (TPSA) is 55.1 Å². The molecule has 1 rings (SSSR count). The number of amides is 1. The summed E-state index contributed by atoms with van der Waals surface area (Å²) in [6.07, 6.45) is -0.0444. The second-order valence-corrected chi connectivity index (χ2v) is 4.98. The summed E-state index contributed by atoms with van der Waals surface area (Å²) >= 11 is 0. The molecule has 1 aromatic carbocycles. The van der Waals surface area contributed by atoms with E-state index in [1.807, 2.05) is 0 Å². The summed E-state index contributed by atoms with van der Waals surface area (Å²) in [6, 6.07) is 0. The van der Waals surface area contributed by atoms with E-state index in [0.717, 1.165) is 0 Å². The lowest BCUT2D eigenvalue weighted by molar-refractivity contribution is -0.116. The largest absolute Gasteiger partial charge is 0.326 e. The zero-order valence-electron chi connectivity index (χ0n) is 10.8. The highest BCUT2D eigenvalue weighted by Crippen LogP contribution is 2.27. The van der Waals surface area contributed by atoms with Gasteiger partial charge in [-0.05, 0) is 20.3 Å². The first kappa shape index (κ1) is 16.4. The van der Waals surface area contributed by atoms with Crippen molar-refractivity contribution in [3.05, 3.63) is 29.1 Å². The molecule has 0 aromatic heterocycles. The van der Waals surface area contributed by atoms with Gasteiger partial charge in [-0.1, -0.05) is 0 Å². The van der Waals surface area contributed by atoms with Crippen LogP contribution in [0.2, 0.25) is 0 Å². The van der Waals surface area contributed by atoms with Gasteiger partial charge in [-0.15, -0.1) is 0 Å². The molecule has 112 valence electrons. The summed E-state index contributed by atoms with van der Waals surface area (Å²) in [5, 5.41) is 1.67. The fourth-order valence-electron chi connectivity index (χ4n) is 1.35. The lowest BCUT2D eigenvalue weighted by Crippen LogP contribution is -2.33. The van der Waals surface area contributed by atoms with Gasteiger partial charge in [0.25, 0.3) is 0 Å². The van der Waals surface area contributed by atoms with Crippen molar-refractivity contribution in [2.24, 2.45) is 5.73 Å². The normalized spacial score (nSPS) is 11.6. The minimum absolute atomic E-state index is 0.175. The molecule has 0 aliphatic heterocycles. The van der Waals surface area contributed by atoms with E-state index in [2.05, 4.69) is 0 Å². The first-order chi connectivity index (χ1) is 9.04. The molecular weight excluding hydrogens is 283 g/mol.